The molecular weight excluding hydrogens is 242 g/mol. The number of nitrogens with two attached hydrogens (primary N) is 1. The highest BCUT2D eigenvalue weighted by Gasteiger charge is 2.12. The normalized spacial score (nSPS) is 12.3. The lowest BCUT2D eigenvalue weighted by atomic mass is 10.1. The van der Waals surface area contributed by atoms with Gasteiger partial charge in [0.15, 0.2) is 0 Å². The summed E-state index contributed by atoms with van der Waals surface area (Å²) in [5, 5.41) is 12.8. The van der Waals surface area contributed by atoms with E-state index in [9.17, 15) is 9.90 Å². The summed E-state index contributed by atoms with van der Waals surface area (Å²) in [6, 6.07) is 5.13. The molecule has 0 spiro atoms. The first-order valence-corrected chi connectivity index (χ1v) is 6.36. The molecule has 4 N–H and O–H groups in total. The molecule has 1 aromatic rings. The number of hydrogen-bond donors (Lipinski definition) is 3. The first kappa shape index (κ1) is 15.3. The number of rotatable bonds is 5. The van der Waals surface area contributed by atoms with Crippen LogP contribution in [0.2, 0.25) is 0 Å². The van der Waals surface area contributed by atoms with Gasteiger partial charge in [0, 0.05) is 26.2 Å². The minimum atomic E-state index is -0.428. The zero-order chi connectivity index (χ0) is 14.6. The Morgan fingerprint density at radius 1 is 1.42 bits per heavy atom. The lowest BCUT2D eigenvalue weighted by Gasteiger charge is -2.17. The summed E-state index contributed by atoms with van der Waals surface area (Å²) in [6.07, 6.45) is -0.428. The third-order valence-corrected chi connectivity index (χ3v) is 2.98. The molecule has 0 saturated carbocycles. The molecule has 0 radical (unpaired) electrons. The van der Waals surface area contributed by atoms with Crippen LogP contribution < -0.4 is 11.1 Å². The molecule has 19 heavy (non-hydrogen) atoms. The molecule has 106 valence electrons. The molecular formula is C14H23N3O2. The van der Waals surface area contributed by atoms with Crippen molar-refractivity contribution < 1.29 is 9.90 Å². The molecule has 1 aromatic carbocycles. The standard InChI is InChI=1S/C14H23N3O2/c1-9(2)13(18)8-16-12-6-5-10(7-11(12)15)14(19)17(3)4/h5-7,9,13,16,18H,8,15H2,1-4H3. The first-order valence-electron chi connectivity index (χ1n) is 6.36. The number of nitrogens with one attached hydrogen (secondary N) is 1. The van der Waals surface area contributed by atoms with Crippen molar-refractivity contribution in [1.82, 2.24) is 4.90 Å². The van der Waals surface area contributed by atoms with Gasteiger partial charge in [0.2, 0.25) is 0 Å². The molecule has 5 heteroatoms. The zero-order valence-corrected chi connectivity index (χ0v) is 12.0. The van der Waals surface area contributed by atoms with Crippen molar-refractivity contribution in [3.8, 4) is 0 Å². The van der Waals surface area contributed by atoms with Crippen molar-refractivity contribution in [3.05, 3.63) is 23.8 Å². The van der Waals surface area contributed by atoms with Crippen LogP contribution in [0.5, 0.6) is 0 Å². The number of amides is 1. The second-order valence-electron chi connectivity index (χ2n) is 5.19. The van der Waals surface area contributed by atoms with Gasteiger partial charge >= 0.3 is 0 Å². The zero-order valence-electron chi connectivity index (χ0n) is 12.0. The number of aliphatic hydroxyl groups is 1. The van der Waals surface area contributed by atoms with Gasteiger partial charge in [0.25, 0.3) is 5.91 Å². The van der Waals surface area contributed by atoms with Crippen LogP contribution in [0, 0.1) is 5.92 Å². The third kappa shape index (κ3) is 4.13. The van der Waals surface area contributed by atoms with E-state index in [0.717, 1.165) is 5.69 Å². The second-order valence-corrected chi connectivity index (χ2v) is 5.19. The number of aliphatic hydroxyl groups excluding tert-OH is 1. The lowest BCUT2D eigenvalue weighted by Crippen LogP contribution is -2.25. The average Bonchev–Trinajstić information content (AvgIpc) is 2.35. The number of carbonyl (C=O) groups is 1. The van der Waals surface area contributed by atoms with E-state index in [4.69, 9.17) is 5.73 Å². The summed E-state index contributed by atoms with van der Waals surface area (Å²) >= 11 is 0. The van der Waals surface area contributed by atoms with Gasteiger partial charge in [0.05, 0.1) is 17.5 Å². The van der Waals surface area contributed by atoms with E-state index in [2.05, 4.69) is 5.32 Å². The smallest absolute Gasteiger partial charge is 0.253 e. The van der Waals surface area contributed by atoms with Crippen LogP contribution in [0.1, 0.15) is 24.2 Å². The van der Waals surface area contributed by atoms with E-state index in [1.165, 1.54) is 4.90 Å². The van der Waals surface area contributed by atoms with Crippen LogP contribution in [0.25, 0.3) is 0 Å². The summed E-state index contributed by atoms with van der Waals surface area (Å²) in [7, 11) is 3.40. The Kier molecular flexibility index (Phi) is 5.18. The van der Waals surface area contributed by atoms with Gasteiger partial charge in [0.1, 0.15) is 0 Å². The fourth-order valence-electron chi connectivity index (χ4n) is 1.57. The fraction of sp³-hybridized carbons (Fsp3) is 0.500. The number of anilines is 2. The number of benzene rings is 1. The predicted molar refractivity (Wildman–Crippen MR) is 78.2 cm³/mol. The van der Waals surface area contributed by atoms with Crippen molar-refractivity contribution in [3.63, 3.8) is 0 Å². The van der Waals surface area contributed by atoms with Gasteiger partial charge in [-0.05, 0) is 24.1 Å². The Morgan fingerprint density at radius 3 is 2.53 bits per heavy atom. The molecule has 0 aliphatic rings. The van der Waals surface area contributed by atoms with E-state index in [0.29, 0.717) is 17.8 Å². The van der Waals surface area contributed by atoms with Crippen molar-refractivity contribution >= 4 is 17.3 Å². The highest BCUT2D eigenvalue weighted by molar-refractivity contribution is 5.95. The quantitative estimate of drug-likeness (QED) is 0.703. The van der Waals surface area contributed by atoms with Crippen LogP contribution in [0.4, 0.5) is 11.4 Å². The molecule has 0 saturated heterocycles. The monoisotopic (exact) mass is 265 g/mol. The number of nitrogens with zero attached hydrogens (tertiary/aromatic N) is 1. The Labute approximate surface area is 114 Å². The molecule has 0 aromatic heterocycles. The summed E-state index contributed by atoms with van der Waals surface area (Å²) in [4.78, 5) is 13.3. The van der Waals surface area contributed by atoms with E-state index >= 15 is 0 Å². The molecule has 0 aliphatic heterocycles. The van der Waals surface area contributed by atoms with E-state index in [-0.39, 0.29) is 11.8 Å². The Balaban J connectivity index is 2.75. The minimum absolute atomic E-state index is 0.0829. The van der Waals surface area contributed by atoms with Gasteiger partial charge in [-0.25, -0.2) is 0 Å². The van der Waals surface area contributed by atoms with Crippen molar-refractivity contribution in [2.45, 2.75) is 20.0 Å². The second kappa shape index (κ2) is 6.43. The maximum Gasteiger partial charge on any atom is 0.253 e. The van der Waals surface area contributed by atoms with E-state index in [1.807, 2.05) is 13.8 Å². The molecule has 0 heterocycles. The van der Waals surface area contributed by atoms with Gasteiger partial charge in [-0.3, -0.25) is 4.79 Å². The van der Waals surface area contributed by atoms with Crippen LogP contribution in [-0.4, -0.2) is 42.7 Å². The van der Waals surface area contributed by atoms with Crippen LogP contribution in [0.3, 0.4) is 0 Å². The Morgan fingerprint density at radius 2 is 2.05 bits per heavy atom. The largest absolute Gasteiger partial charge is 0.397 e. The van der Waals surface area contributed by atoms with Crippen LogP contribution >= 0.6 is 0 Å². The number of carbonyl (C=O) groups excluding carboxylic acids is 1. The highest BCUT2D eigenvalue weighted by Crippen LogP contribution is 2.20. The molecule has 1 amide bonds. The van der Waals surface area contributed by atoms with Gasteiger partial charge < -0.3 is 21.1 Å². The fourth-order valence-corrected chi connectivity index (χ4v) is 1.57. The predicted octanol–water partition coefficient (Wildman–Crippen LogP) is 1.40. The first-order chi connectivity index (χ1) is 8.82. The topological polar surface area (TPSA) is 78.6 Å². The maximum absolute atomic E-state index is 11.8. The SMILES string of the molecule is CC(C)C(O)CNc1ccc(C(=O)N(C)C)cc1N. The molecule has 1 atom stereocenters. The van der Waals surface area contributed by atoms with Gasteiger partial charge in [-0.2, -0.15) is 0 Å². The molecule has 0 bridgehead atoms. The summed E-state index contributed by atoms with van der Waals surface area (Å²) in [5.41, 5.74) is 7.69. The molecule has 5 nitrogen and oxygen atoms in total. The lowest BCUT2D eigenvalue weighted by molar-refractivity contribution is 0.0827. The van der Waals surface area contributed by atoms with Crippen LogP contribution in [-0.2, 0) is 0 Å². The number of nitrogen functional groups attached to an aromatic ring is 1. The molecule has 1 rings (SSSR count). The van der Waals surface area contributed by atoms with Crippen molar-refractivity contribution in [2.75, 3.05) is 31.7 Å². The third-order valence-electron chi connectivity index (χ3n) is 2.98. The molecule has 1 unspecified atom stereocenters. The van der Waals surface area contributed by atoms with Crippen molar-refractivity contribution in [1.29, 1.82) is 0 Å². The number of hydrogen-bond acceptors (Lipinski definition) is 4. The minimum Gasteiger partial charge on any atom is -0.397 e. The molecule has 0 fully saturated rings. The van der Waals surface area contributed by atoms with Crippen LogP contribution in [0.15, 0.2) is 18.2 Å². The Bertz CT molecular complexity index is 444. The maximum atomic E-state index is 11.8. The van der Waals surface area contributed by atoms with E-state index < -0.39 is 6.10 Å². The summed E-state index contributed by atoms with van der Waals surface area (Å²) in [5.74, 6) is 0.101. The van der Waals surface area contributed by atoms with E-state index in [1.54, 1.807) is 32.3 Å². The Hall–Kier alpha value is -1.75. The average molecular weight is 265 g/mol. The highest BCUT2D eigenvalue weighted by atomic mass is 16.3. The summed E-state index contributed by atoms with van der Waals surface area (Å²) in [6.45, 7) is 4.34. The van der Waals surface area contributed by atoms with Gasteiger partial charge in [-0.1, -0.05) is 13.8 Å². The van der Waals surface area contributed by atoms with Gasteiger partial charge in [-0.15, -0.1) is 0 Å². The summed E-state index contributed by atoms with van der Waals surface area (Å²) < 4.78 is 0. The molecule has 0 aliphatic carbocycles. The van der Waals surface area contributed by atoms with Crippen molar-refractivity contribution in [2.24, 2.45) is 5.92 Å².